The summed E-state index contributed by atoms with van der Waals surface area (Å²) in [5, 5.41) is 19.0. The number of aromatic nitrogens is 2. The smallest absolute Gasteiger partial charge is 0.306 e. The van der Waals surface area contributed by atoms with Crippen LogP contribution in [0.25, 0.3) is 10.9 Å². The number of ether oxygens (including phenoxy) is 1. The zero-order valence-corrected chi connectivity index (χ0v) is 12.7. The maximum absolute atomic E-state index is 12.3. The van der Waals surface area contributed by atoms with Crippen molar-refractivity contribution >= 4 is 28.5 Å². The van der Waals surface area contributed by atoms with Crippen LogP contribution < -0.4 is 10.1 Å². The Kier molecular flexibility index (Phi) is 4.42. The van der Waals surface area contributed by atoms with Crippen molar-refractivity contribution < 1.29 is 19.4 Å². The Hall–Kier alpha value is -3.35. The fourth-order valence-corrected chi connectivity index (χ4v) is 2.22. The number of carboxylic acids is 1. The first-order valence-electron chi connectivity index (χ1n) is 7.32. The molecule has 0 atom stereocenters. The quantitative estimate of drug-likeness (QED) is 0.646. The minimum atomic E-state index is -0.912. The van der Waals surface area contributed by atoms with E-state index in [2.05, 4.69) is 15.5 Å². The zero-order chi connectivity index (χ0) is 16.9. The van der Waals surface area contributed by atoms with Crippen molar-refractivity contribution in [3.63, 3.8) is 0 Å². The molecule has 2 aromatic carbocycles. The van der Waals surface area contributed by atoms with Crippen LogP contribution in [0.3, 0.4) is 0 Å². The van der Waals surface area contributed by atoms with Crippen LogP contribution in [0.1, 0.15) is 16.9 Å². The van der Waals surface area contributed by atoms with E-state index in [9.17, 15) is 9.59 Å². The maximum atomic E-state index is 12.3. The fourth-order valence-electron chi connectivity index (χ4n) is 2.22. The highest BCUT2D eigenvalue weighted by molar-refractivity contribution is 6.11. The molecule has 0 fully saturated rings. The molecule has 0 bridgehead atoms. The highest BCUT2D eigenvalue weighted by atomic mass is 16.5. The van der Waals surface area contributed by atoms with Crippen LogP contribution in [0.15, 0.2) is 48.5 Å². The molecule has 0 aliphatic heterocycles. The van der Waals surface area contributed by atoms with Gasteiger partial charge in [0.15, 0.2) is 5.69 Å². The van der Waals surface area contributed by atoms with Gasteiger partial charge in [0.25, 0.3) is 5.91 Å². The first-order chi connectivity index (χ1) is 11.6. The molecule has 0 spiro atoms. The fraction of sp³-hybridized carbons (Fsp3) is 0.118. The predicted molar refractivity (Wildman–Crippen MR) is 88.2 cm³/mol. The van der Waals surface area contributed by atoms with Gasteiger partial charge in [-0.25, -0.2) is 0 Å². The van der Waals surface area contributed by atoms with E-state index in [-0.39, 0.29) is 18.9 Å². The lowest BCUT2D eigenvalue weighted by atomic mass is 10.2. The summed E-state index contributed by atoms with van der Waals surface area (Å²) in [4.78, 5) is 22.8. The van der Waals surface area contributed by atoms with Crippen molar-refractivity contribution in [2.24, 2.45) is 0 Å². The van der Waals surface area contributed by atoms with E-state index in [1.165, 1.54) is 0 Å². The molecule has 3 rings (SSSR count). The molecule has 1 heterocycles. The van der Waals surface area contributed by atoms with Crippen molar-refractivity contribution in [1.82, 2.24) is 10.2 Å². The van der Waals surface area contributed by atoms with Gasteiger partial charge in [0, 0.05) is 11.1 Å². The molecule has 7 heteroatoms. The molecule has 3 N–H and O–H groups in total. The van der Waals surface area contributed by atoms with Crippen molar-refractivity contribution in [2.45, 2.75) is 6.42 Å². The normalized spacial score (nSPS) is 10.5. The number of H-pyrrole nitrogens is 1. The lowest BCUT2D eigenvalue weighted by Gasteiger charge is -2.07. The van der Waals surface area contributed by atoms with Crippen molar-refractivity contribution in [3.05, 3.63) is 54.2 Å². The summed E-state index contributed by atoms with van der Waals surface area (Å²) in [7, 11) is 0. The number of nitrogens with zero attached hydrogens (tertiary/aromatic N) is 1. The first-order valence-corrected chi connectivity index (χ1v) is 7.32. The van der Waals surface area contributed by atoms with Crippen LogP contribution in [0.4, 0.5) is 5.69 Å². The molecule has 122 valence electrons. The third-order valence-corrected chi connectivity index (χ3v) is 3.38. The largest absolute Gasteiger partial charge is 0.493 e. The van der Waals surface area contributed by atoms with E-state index in [0.29, 0.717) is 17.1 Å². The average molecular weight is 325 g/mol. The van der Waals surface area contributed by atoms with Gasteiger partial charge in [0.2, 0.25) is 0 Å². The SMILES string of the molecule is O=C(O)CCOc1ccc(NC(=O)c2n[nH]c3ccccc23)cc1. The van der Waals surface area contributed by atoms with E-state index in [0.717, 1.165) is 10.9 Å². The molecule has 0 aliphatic rings. The predicted octanol–water partition coefficient (Wildman–Crippen LogP) is 2.67. The molecule has 0 aliphatic carbocycles. The molecule has 0 saturated heterocycles. The first kappa shape index (κ1) is 15.5. The highest BCUT2D eigenvalue weighted by Gasteiger charge is 2.13. The number of aliphatic carboxylic acids is 1. The van der Waals surface area contributed by atoms with E-state index in [4.69, 9.17) is 9.84 Å². The van der Waals surface area contributed by atoms with Gasteiger partial charge in [0.05, 0.1) is 18.5 Å². The second-order valence-electron chi connectivity index (χ2n) is 5.09. The van der Waals surface area contributed by atoms with Gasteiger partial charge in [-0.3, -0.25) is 14.7 Å². The third kappa shape index (κ3) is 3.52. The van der Waals surface area contributed by atoms with Gasteiger partial charge in [-0.2, -0.15) is 5.10 Å². The monoisotopic (exact) mass is 325 g/mol. The summed E-state index contributed by atoms with van der Waals surface area (Å²) in [5.41, 5.74) is 1.72. The number of anilines is 1. The Balaban J connectivity index is 1.65. The summed E-state index contributed by atoms with van der Waals surface area (Å²) >= 11 is 0. The number of fused-ring (bicyclic) bond motifs is 1. The number of rotatable bonds is 6. The van der Waals surface area contributed by atoms with Gasteiger partial charge in [-0.1, -0.05) is 18.2 Å². The van der Waals surface area contributed by atoms with Crippen LogP contribution in [0.5, 0.6) is 5.75 Å². The summed E-state index contributed by atoms with van der Waals surface area (Å²) in [6, 6.07) is 14.1. The summed E-state index contributed by atoms with van der Waals surface area (Å²) in [6.45, 7) is 0.0975. The summed E-state index contributed by atoms with van der Waals surface area (Å²) in [5.74, 6) is -0.684. The van der Waals surface area contributed by atoms with E-state index >= 15 is 0 Å². The molecule has 0 saturated carbocycles. The number of amides is 1. The van der Waals surface area contributed by atoms with Gasteiger partial charge >= 0.3 is 5.97 Å². The molecule has 24 heavy (non-hydrogen) atoms. The molecule has 7 nitrogen and oxygen atoms in total. The molecule has 0 radical (unpaired) electrons. The number of benzene rings is 2. The van der Waals surface area contributed by atoms with Gasteiger partial charge in [-0.05, 0) is 30.3 Å². The van der Waals surface area contributed by atoms with Crippen molar-refractivity contribution in [3.8, 4) is 5.75 Å². The molecule has 0 unspecified atom stereocenters. The number of carbonyl (C=O) groups is 2. The lowest BCUT2D eigenvalue weighted by molar-refractivity contribution is -0.137. The number of carbonyl (C=O) groups excluding carboxylic acids is 1. The van der Waals surface area contributed by atoms with Crippen LogP contribution >= 0.6 is 0 Å². The standard InChI is InChI=1S/C17H15N3O4/c21-15(22)9-10-24-12-7-5-11(6-8-12)18-17(23)16-13-3-1-2-4-14(13)19-20-16/h1-8H,9-10H2,(H,18,23)(H,19,20)(H,21,22). The minimum Gasteiger partial charge on any atom is -0.493 e. The van der Waals surface area contributed by atoms with Gasteiger partial charge < -0.3 is 15.2 Å². The number of hydrogen-bond donors (Lipinski definition) is 3. The molecule has 3 aromatic rings. The minimum absolute atomic E-state index is 0.0648. The number of aromatic amines is 1. The van der Waals surface area contributed by atoms with E-state index in [1.807, 2.05) is 24.3 Å². The second-order valence-corrected chi connectivity index (χ2v) is 5.09. The maximum Gasteiger partial charge on any atom is 0.306 e. The van der Waals surface area contributed by atoms with Crippen molar-refractivity contribution in [2.75, 3.05) is 11.9 Å². The Bertz CT molecular complexity index is 871. The average Bonchev–Trinajstić information content (AvgIpc) is 3.00. The van der Waals surface area contributed by atoms with Crippen molar-refractivity contribution in [1.29, 1.82) is 0 Å². The zero-order valence-electron chi connectivity index (χ0n) is 12.7. The lowest BCUT2D eigenvalue weighted by Crippen LogP contribution is -2.12. The van der Waals surface area contributed by atoms with Gasteiger partial charge in [0.1, 0.15) is 5.75 Å². The number of carboxylic acid groups (broad SMARTS) is 1. The molecule has 1 aromatic heterocycles. The number of hydrogen-bond acceptors (Lipinski definition) is 4. The van der Waals surface area contributed by atoms with Crippen LogP contribution in [0, 0.1) is 0 Å². The second kappa shape index (κ2) is 6.82. The van der Waals surface area contributed by atoms with E-state index in [1.54, 1.807) is 24.3 Å². The molecule has 1 amide bonds. The molecular formula is C17H15N3O4. The van der Waals surface area contributed by atoms with Crippen LogP contribution in [-0.4, -0.2) is 33.8 Å². The third-order valence-electron chi connectivity index (χ3n) is 3.38. The Morgan fingerprint density at radius 1 is 1.12 bits per heavy atom. The number of para-hydroxylation sites is 1. The highest BCUT2D eigenvalue weighted by Crippen LogP contribution is 2.19. The van der Waals surface area contributed by atoms with Crippen LogP contribution in [-0.2, 0) is 4.79 Å². The Labute approximate surface area is 137 Å². The topological polar surface area (TPSA) is 104 Å². The molecular weight excluding hydrogens is 310 g/mol. The van der Waals surface area contributed by atoms with Gasteiger partial charge in [-0.15, -0.1) is 0 Å². The van der Waals surface area contributed by atoms with E-state index < -0.39 is 5.97 Å². The van der Waals surface area contributed by atoms with Crippen LogP contribution in [0.2, 0.25) is 0 Å². The Morgan fingerprint density at radius 3 is 2.62 bits per heavy atom. The number of nitrogens with one attached hydrogen (secondary N) is 2. The summed E-state index contributed by atoms with van der Waals surface area (Å²) in [6.07, 6.45) is -0.0648. The summed E-state index contributed by atoms with van der Waals surface area (Å²) < 4.78 is 5.30. The Morgan fingerprint density at radius 2 is 1.88 bits per heavy atom.